The SMILES string of the molecule is CCOc1ccc(OCCC[NH2+]C(C)(C)C)cc1. The Balaban J connectivity index is 2.19. The molecule has 0 aliphatic heterocycles. The van der Waals surface area contributed by atoms with Crippen LogP contribution >= 0.6 is 0 Å². The normalized spacial score (nSPS) is 11.3. The van der Waals surface area contributed by atoms with Gasteiger partial charge in [-0.25, -0.2) is 0 Å². The number of benzene rings is 1. The fraction of sp³-hybridized carbons (Fsp3) is 0.600. The first-order chi connectivity index (χ1) is 8.51. The molecule has 18 heavy (non-hydrogen) atoms. The van der Waals surface area contributed by atoms with E-state index in [2.05, 4.69) is 26.1 Å². The monoisotopic (exact) mass is 252 g/mol. The fourth-order valence-electron chi connectivity index (χ4n) is 1.61. The molecule has 3 nitrogen and oxygen atoms in total. The minimum absolute atomic E-state index is 0.305. The van der Waals surface area contributed by atoms with Crippen LogP contribution < -0.4 is 14.8 Å². The van der Waals surface area contributed by atoms with Crippen molar-refractivity contribution in [1.29, 1.82) is 0 Å². The highest BCUT2D eigenvalue weighted by molar-refractivity contribution is 5.31. The van der Waals surface area contributed by atoms with E-state index in [0.29, 0.717) is 12.1 Å². The lowest BCUT2D eigenvalue weighted by Crippen LogP contribution is -2.94. The Morgan fingerprint density at radius 3 is 2.06 bits per heavy atom. The molecule has 0 aromatic heterocycles. The summed E-state index contributed by atoms with van der Waals surface area (Å²) in [6.45, 7) is 11.2. The number of hydrogen-bond donors (Lipinski definition) is 1. The Bertz CT molecular complexity index is 327. The molecule has 0 aliphatic rings. The number of hydrogen-bond acceptors (Lipinski definition) is 2. The summed E-state index contributed by atoms with van der Waals surface area (Å²) < 4.78 is 11.1. The van der Waals surface area contributed by atoms with Crippen LogP contribution in [0.4, 0.5) is 0 Å². The van der Waals surface area contributed by atoms with Crippen molar-refractivity contribution < 1.29 is 14.8 Å². The van der Waals surface area contributed by atoms with Gasteiger partial charge in [0.15, 0.2) is 0 Å². The second-order valence-electron chi connectivity index (χ2n) is 5.47. The minimum Gasteiger partial charge on any atom is -0.494 e. The largest absolute Gasteiger partial charge is 0.494 e. The van der Waals surface area contributed by atoms with Gasteiger partial charge in [-0.1, -0.05) is 0 Å². The summed E-state index contributed by atoms with van der Waals surface area (Å²) in [7, 11) is 0. The molecule has 0 radical (unpaired) electrons. The molecule has 2 N–H and O–H groups in total. The van der Waals surface area contributed by atoms with E-state index < -0.39 is 0 Å². The van der Waals surface area contributed by atoms with Crippen molar-refractivity contribution in [1.82, 2.24) is 0 Å². The highest BCUT2D eigenvalue weighted by Gasteiger charge is 2.11. The van der Waals surface area contributed by atoms with Gasteiger partial charge >= 0.3 is 0 Å². The Hall–Kier alpha value is -1.22. The molecule has 0 heterocycles. The molecule has 0 bridgehead atoms. The van der Waals surface area contributed by atoms with Crippen molar-refractivity contribution >= 4 is 0 Å². The summed E-state index contributed by atoms with van der Waals surface area (Å²) >= 11 is 0. The molecule has 0 saturated carbocycles. The number of rotatable bonds is 7. The molecule has 0 aliphatic carbocycles. The molecule has 0 atom stereocenters. The minimum atomic E-state index is 0.305. The predicted molar refractivity (Wildman–Crippen MR) is 74.3 cm³/mol. The van der Waals surface area contributed by atoms with Crippen LogP contribution in [0, 0.1) is 0 Å². The Morgan fingerprint density at radius 2 is 1.56 bits per heavy atom. The molecule has 0 amide bonds. The third kappa shape index (κ3) is 6.50. The standard InChI is InChI=1S/C15H25NO2/c1-5-17-13-7-9-14(10-8-13)18-12-6-11-16-15(2,3)4/h7-10,16H,5-6,11-12H2,1-4H3/p+1. The number of quaternary nitrogens is 1. The van der Waals surface area contributed by atoms with Crippen LogP contribution in [0.1, 0.15) is 34.1 Å². The highest BCUT2D eigenvalue weighted by Crippen LogP contribution is 2.17. The molecule has 102 valence electrons. The van der Waals surface area contributed by atoms with Crippen LogP contribution in [0.3, 0.4) is 0 Å². The maximum Gasteiger partial charge on any atom is 0.119 e. The molecule has 1 rings (SSSR count). The summed E-state index contributed by atoms with van der Waals surface area (Å²) in [6, 6.07) is 7.80. The van der Waals surface area contributed by atoms with Gasteiger partial charge in [0.1, 0.15) is 11.5 Å². The zero-order valence-electron chi connectivity index (χ0n) is 12.0. The zero-order chi connectivity index (χ0) is 13.4. The number of nitrogens with two attached hydrogens (primary N) is 1. The zero-order valence-corrected chi connectivity index (χ0v) is 12.0. The van der Waals surface area contributed by atoms with Gasteiger partial charge in [0.25, 0.3) is 0 Å². The third-order valence-electron chi connectivity index (χ3n) is 2.51. The Labute approximate surface area is 110 Å². The topological polar surface area (TPSA) is 35.1 Å². The molecule has 3 heteroatoms. The van der Waals surface area contributed by atoms with Gasteiger partial charge in [0.05, 0.1) is 25.3 Å². The first-order valence-electron chi connectivity index (χ1n) is 6.71. The van der Waals surface area contributed by atoms with E-state index in [1.807, 2.05) is 31.2 Å². The van der Waals surface area contributed by atoms with Gasteiger partial charge < -0.3 is 14.8 Å². The number of ether oxygens (including phenoxy) is 2. The van der Waals surface area contributed by atoms with Gasteiger partial charge in [-0.2, -0.15) is 0 Å². The van der Waals surface area contributed by atoms with Gasteiger partial charge in [-0.15, -0.1) is 0 Å². The molecular formula is C15H26NO2+. The summed E-state index contributed by atoms with van der Waals surface area (Å²) in [5.74, 6) is 1.81. The second kappa shape index (κ2) is 7.27. The van der Waals surface area contributed by atoms with E-state index in [-0.39, 0.29) is 0 Å². The van der Waals surface area contributed by atoms with Crippen molar-refractivity contribution in [2.24, 2.45) is 0 Å². The maximum absolute atomic E-state index is 5.68. The quantitative estimate of drug-likeness (QED) is 0.755. The fourth-order valence-corrected chi connectivity index (χ4v) is 1.61. The van der Waals surface area contributed by atoms with Crippen molar-refractivity contribution in [2.75, 3.05) is 19.8 Å². The highest BCUT2D eigenvalue weighted by atomic mass is 16.5. The van der Waals surface area contributed by atoms with Crippen LogP contribution in [0.2, 0.25) is 0 Å². The van der Waals surface area contributed by atoms with Crippen LogP contribution in [-0.2, 0) is 0 Å². The molecule has 0 fully saturated rings. The second-order valence-corrected chi connectivity index (χ2v) is 5.47. The van der Waals surface area contributed by atoms with Gasteiger partial charge in [0, 0.05) is 6.42 Å². The van der Waals surface area contributed by atoms with Crippen LogP contribution in [-0.4, -0.2) is 25.3 Å². The van der Waals surface area contributed by atoms with E-state index >= 15 is 0 Å². The van der Waals surface area contributed by atoms with Gasteiger partial charge in [-0.3, -0.25) is 0 Å². The van der Waals surface area contributed by atoms with Crippen LogP contribution in [0.25, 0.3) is 0 Å². The Kier molecular flexibility index (Phi) is 5.99. The molecule has 0 spiro atoms. The third-order valence-corrected chi connectivity index (χ3v) is 2.51. The first-order valence-corrected chi connectivity index (χ1v) is 6.71. The summed E-state index contributed by atoms with van der Waals surface area (Å²) in [4.78, 5) is 0. The lowest BCUT2D eigenvalue weighted by Gasteiger charge is -2.16. The summed E-state index contributed by atoms with van der Waals surface area (Å²) in [5.41, 5.74) is 0.305. The molecule has 1 aromatic rings. The maximum atomic E-state index is 5.68. The van der Waals surface area contributed by atoms with E-state index in [1.165, 1.54) is 0 Å². The Morgan fingerprint density at radius 1 is 1.00 bits per heavy atom. The van der Waals surface area contributed by atoms with Gasteiger partial charge in [-0.05, 0) is 52.0 Å². The predicted octanol–water partition coefficient (Wildman–Crippen LogP) is 2.22. The smallest absolute Gasteiger partial charge is 0.119 e. The average Bonchev–Trinajstić information content (AvgIpc) is 2.30. The van der Waals surface area contributed by atoms with E-state index in [0.717, 1.165) is 31.1 Å². The van der Waals surface area contributed by atoms with Crippen molar-refractivity contribution in [3.8, 4) is 11.5 Å². The summed E-state index contributed by atoms with van der Waals surface area (Å²) in [6.07, 6.45) is 1.06. The van der Waals surface area contributed by atoms with E-state index in [1.54, 1.807) is 0 Å². The van der Waals surface area contributed by atoms with Crippen LogP contribution in [0.15, 0.2) is 24.3 Å². The molecule has 1 aromatic carbocycles. The summed E-state index contributed by atoms with van der Waals surface area (Å²) in [5, 5.41) is 2.34. The van der Waals surface area contributed by atoms with E-state index in [4.69, 9.17) is 9.47 Å². The molecule has 0 saturated heterocycles. The molecular weight excluding hydrogens is 226 g/mol. The lowest BCUT2D eigenvalue weighted by molar-refractivity contribution is -0.717. The van der Waals surface area contributed by atoms with Crippen molar-refractivity contribution in [3.05, 3.63) is 24.3 Å². The van der Waals surface area contributed by atoms with Crippen molar-refractivity contribution in [2.45, 2.75) is 39.7 Å². The van der Waals surface area contributed by atoms with Gasteiger partial charge in [0.2, 0.25) is 0 Å². The molecule has 0 unspecified atom stereocenters. The van der Waals surface area contributed by atoms with Crippen molar-refractivity contribution in [3.63, 3.8) is 0 Å². The first kappa shape index (κ1) is 14.8. The lowest BCUT2D eigenvalue weighted by atomic mass is 10.1. The van der Waals surface area contributed by atoms with Crippen LogP contribution in [0.5, 0.6) is 11.5 Å². The van der Waals surface area contributed by atoms with E-state index in [9.17, 15) is 0 Å². The average molecular weight is 252 g/mol.